The lowest BCUT2D eigenvalue weighted by Gasteiger charge is -2.23. The van der Waals surface area contributed by atoms with Crippen LogP contribution in [0.25, 0.3) is 0 Å². The zero-order valence-corrected chi connectivity index (χ0v) is 14.9. The lowest BCUT2D eigenvalue weighted by molar-refractivity contribution is -0.166. The first-order chi connectivity index (χ1) is 13.0. The molecule has 0 saturated carbocycles. The summed E-state index contributed by atoms with van der Waals surface area (Å²) in [6.45, 7) is 3.27. The molecule has 2 aliphatic rings. The largest absolute Gasteiger partial charge is 0.442 e. The van der Waals surface area contributed by atoms with Crippen LogP contribution in [0.1, 0.15) is 6.92 Å². The molecule has 27 heavy (non-hydrogen) atoms. The Labute approximate surface area is 155 Å². The van der Waals surface area contributed by atoms with E-state index in [0.29, 0.717) is 37.4 Å². The van der Waals surface area contributed by atoms with E-state index in [0.717, 1.165) is 0 Å². The predicted octanol–water partition coefficient (Wildman–Crippen LogP) is 0.497. The van der Waals surface area contributed by atoms with Crippen LogP contribution in [-0.4, -0.2) is 68.9 Å². The standard InChI is InChI=1S/C17H21FN4O5/c1-12(24)19-9-14-10-22(17(25)27-14)13-2-3-16(15(18)8-13)20-4-5-21(11-23)26-7-6-20/h2-3,8,11,14H,4-7,9-10H2,1H3,(H,19,24)/t14-/m0/s1. The molecule has 2 fully saturated rings. The molecule has 0 radical (unpaired) electrons. The average molecular weight is 380 g/mol. The highest BCUT2D eigenvalue weighted by atomic mass is 19.1. The quantitative estimate of drug-likeness (QED) is 0.748. The van der Waals surface area contributed by atoms with Crippen molar-refractivity contribution < 1.29 is 28.3 Å². The van der Waals surface area contributed by atoms with Gasteiger partial charge in [0.2, 0.25) is 12.3 Å². The molecule has 0 bridgehead atoms. The average Bonchev–Trinajstić information content (AvgIpc) is 2.86. The molecule has 146 valence electrons. The number of hydrogen-bond acceptors (Lipinski definition) is 6. The maximum atomic E-state index is 14.7. The van der Waals surface area contributed by atoms with Gasteiger partial charge in [-0.1, -0.05) is 0 Å². The Kier molecular flexibility index (Phi) is 5.75. The number of carbonyl (C=O) groups is 3. The molecule has 1 aromatic rings. The first kappa shape index (κ1) is 18.9. The van der Waals surface area contributed by atoms with Crippen LogP contribution in [-0.2, 0) is 19.2 Å². The molecule has 2 heterocycles. The molecular weight excluding hydrogens is 359 g/mol. The summed E-state index contributed by atoms with van der Waals surface area (Å²) >= 11 is 0. The normalized spacial score (nSPS) is 20.3. The van der Waals surface area contributed by atoms with Crippen molar-refractivity contribution in [3.05, 3.63) is 24.0 Å². The third-order valence-corrected chi connectivity index (χ3v) is 4.36. The molecule has 0 unspecified atom stereocenters. The Morgan fingerprint density at radius 1 is 1.37 bits per heavy atom. The van der Waals surface area contributed by atoms with Crippen LogP contribution in [0.15, 0.2) is 18.2 Å². The minimum atomic E-state index is -0.581. The summed E-state index contributed by atoms with van der Waals surface area (Å²) in [4.78, 5) is 42.1. The minimum absolute atomic E-state index is 0.207. The molecule has 9 nitrogen and oxygen atoms in total. The number of ether oxygens (including phenoxy) is 1. The molecule has 2 aliphatic heterocycles. The second-order valence-corrected chi connectivity index (χ2v) is 6.26. The smallest absolute Gasteiger partial charge is 0.414 e. The summed E-state index contributed by atoms with van der Waals surface area (Å²) in [7, 11) is 0. The van der Waals surface area contributed by atoms with Crippen LogP contribution in [0.4, 0.5) is 20.6 Å². The van der Waals surface area contributed by atoms with Gasteiger partial charge in [-0.05, 0) is 18.2 Å². The van der Waals surface area contributed by atoms with Crippen molar-refractivity contribution in [2.24, 2.45) is 0 Å². The van der Waals surface area contributed by atoms with Crippen LogP contribution in [0.3, 0.4) is 0 Å². The topological polar surface area (TPSA) is 91.4 Å². The number of amides is 3. The number of halogens is 1. The van der Waals surface area contributed by atoms with E-state index in [9.17, 15) is 18.8 Å². The summed E-state index contributed by atoms with van der Waals surface area (Å²) in [6.07, 6.45) is -0.470. The number of benzene rings is 1. The number of cyclic esters (lactones) is 1. The number of hydrogen-bond donors (Lipinski definition) is 1. The van der Waals surface area contributed by atoms with Crippen molar-refractivity contribution in [1.82, 2.24) is 10.4 Å². The van der Waals surface area contributed by atoms with E-state index in [1.807, 2.05) is 0 Å². The number of nitrogens with one attached hydrogen (secondary N) is 1. The predicted molar refractivity (Wildman–Crippen MR) is 93.6 cm³/mol. The van der Waals surface area contributed by atoms with Gasteiger partial charge in [0, 0.05) is 20.0 Å². The summed E-state index contributed by atoms with van der Waals surface area (Å²) in [5, 5.41) is 3.78. The van der Waals surface area contributed by atoms with Gasteiger partial charge in [0.1, 0.15) is 11.9 Å². The molecule has 10 heteroatoms. The fourth-order valence-electron chi connectivity index (χ4n) is 3.00. The van der Waals surface area contributed by atoms with Gasteiger partial charge < -0.3 is 15.0 Å². The van der Waals surface area contributed by atoms with Crippen LogP contribution < -0.4 is 15.1 Å². The van der Waals surface area contributed by atoms with Gasteiger partial charge in [-0.15, -0.1) is 0 Å². The number of nitrogens with zero attached hydrogens (tertiary/aromatic N) is 3. The molecule has 0 aromatic heterocycles. The fourth-order valence-corrected chi connectivity index (χ4v) is 3.00. The molecule has 1 aromatic carbocycles. The van der Waals surface area contributed by atoms with E-state index < -0.39 is 18.0 Å². The SMILES string of the molecule is CC(=O)NC[C@H]1CN(c2ccc(N3CCON(C=O)CC3)c(F)c2)C(=O)O1. The third kappa shape index (κ3) is 4.45. The van der Waals surface area contributed by atoms with Gasteiger partial charge in [0.15, 0.2) is 0 Å². The molecular formula is C17H21FN4O5. The van der Waals surface area contributed by atoms with Gasteiger partial charge in [0.25, 0.3) is 0 Å². The van der Waals surface area contributed by atoms with Crippen molar-refractivity contribution in [3.8, 4) is 0 Å². The molecule has 2 saturated heterocycles. The van der Waals surface area contributed by atoms with E-state index in [1.54, 1.807) is 17.0 Å². The first-order valence-electron chi connectivity index (χ1n) is 8.60. The molecule has 3 rings (SSSR count). The number of anilines is 2. The Morgan fingerprint density at radius 2 is 2.19 bits per heavy atom. The monoisotopic (exact) mass is 380 g/mol. The van der Waals surface area contributed by atoms with Crippen molar-refractivity contribution in [2.75, 3.05) is 49.1 Å². The van der Waals surface area contributed by atoms with E-state index in [-0.39, 0.29) is 25.6 Å². The van der Waals surface area contributed by atoms with Crippen LogP contribution in [0.5, 0.6) is 0 Å². The van der Waals surface area contributed by atoms with Crippen LogP contribution in [0.2, 0.25) is 0 Å². The zero-order chi connectivity index (χ0) is 19.4. The maximum Gasteiger partial charge on any atom is 0.414 e. The van der Waals surface area contributed by atoms with Crippen molar-refractivity contribution >= 4 is 29.8 Å². The minimum Gasteiger partial charge on any atom is -0.442 e. The van der Waals surface area contributed by atoms with Gasteiger partial charge in [0.05, 0.1) is 37.6 Å². The van der Waals surface area contributed by atoms with Crippen molar-refractivity contribution in [2.45, 2.75) is 13.0 Å². The molecule has 0 aliphatic carbocycles. The highest BCUT2D eigenvalue weighted by Gasteiger charge is 2.33. The Morgan fingerprint density at radius 3 is 2.89 bits per heavy atom. The van der Waals surface area contributed by atoms with E-state index in [4.69, 9.17) is 9.57 Å². The fraction of sp³-hybridized carbons (Fsp3) is 0.471. The summed E-state index contributed by atoms with van der Waals surface area (Å²) < 4.78 is 19.9. The summed E-state index contributed by atoms with van der Waals surface area (Å²) in [5.41, 5.74) is 0.754. The molecule has 0 spiro atoms. The number of hydroxylamine groups is 2. The lowest BCUT2D eigenvalue weighted by atomic mass is 10.2. The summed E-state index contributed by atoms with van der Waals surface area (Å²) in [5.74, 6) is -0.695. The highest BCUT2D eigenvalue weighted by Crippen LogP contribution is 2.28. The van der Waals surface area contributed by atoms with Crippen molar-refractivity contribution in [3.63, 3.8) is 0 Å². The molecule has 1 N–H and O–H groups in total. The Balaban J connectivity index is 1.68. The first-order valence-corrected chi connectivity index (χ1v) is 8.60. The van der Waals surface area contributed by atoms with Crippen molar-refractivity contribution in [1.29, 1.82) is 0 Å². The van der Waals surface area contributed by atoms with Crippen LogP contribution >= 0.6 is 0 Å². The van der Waals surface area contributed by atoms with Gasteiger partial charge in [-0.25, -0.2) is 14.2 Å². The van der Waals surface area contributed by atoms with E-state index in [1.165, 1.54) is 23.0 Å². The summed E-state index contributed by atoms with van der Waals surface area (Å²) in [6, 6.07) is 4.51. The highest BCUT2D eigenvalue weighted by molar-refractivity contribution is 5.90. The lowest BCUT2D eigenvalue weighted by Crippen LogP contribution is -2.33. The Hall–Kier alpha value is -2.88. The van der Waals surface area contributed by atoms with Crippen LogP contribution in [0, 0.1) is 5.82 Å². The Bertz CT molecular complexity index is 731. The molecule has 3 amide bonds. The zero-order valence-electron chi connectivity index (χ0n) is 14.9. The molecule has 1 atom stereocenters. The third-order valence-electron chi connectivity index (χ3n) is 4.36. The van der Waals surface area contributed by atoms with Gasteiger partial charge >= 0.3 is 6.09 Å². The number of carbonyl (C=O) groups excluding carboxylic acids is 3. The van der Waals surface area contributed by atoms with Gasteiger partial charge in [-0.3, -0.25) is 19.3 Å². The maximum absolute atomic E-state index is 14.7. The van der Waals surface area contributed by atoms with E-state index >= 15 is 0 Å². The number of rotatable bonds is 5. The second-order valence-electron chi connectivity index (χ2n) is 6.26. The van der Waals surface area contributed by atoms with E-state index in [2.05, 4.69) is 5.32 Å². The van der Waals surface area contributed by atoms with Gasteiger partial charge in [-0.2, -0.15) is 0 Å². The second kappa shape index (κ2) is 8.21.